The number of nitrogens with zero attached hydrogens (tertiary/aromatic N) is 3. The maximum Gasteiger partial charge on any atom is 0.231 e. The van der Waals surface area contributed by atoms with E-state index in [0.29, 0.717) is 11.5 Å². The van der Waals surface area contributed by atoms with Crippen molar-refractivity contribution >= 4 is 65.8 Å². The smallest absolute Gasteiger partial charge is 0.231 e. The van der Waals surface area contributed by atoms with Gasteiger partial charge in [-0.3, -0.25) is 0 Å². The van der Waals surface area contributed by atoms with Gasteiger partial charge in [-0.1, -0.05) is 84.9 Å². The molecule has 0 saturated heterocycles. The summed E-state index contributed by atoms with van der Waals surface area (Å²) in [6.45, 7) is 0. The molecule has 0 aliphatic heterocycles. The van der Waals surface area contributed by atoms with E-state index in [1.165, 1.54) is 5.39 Å². The summed E-state index contributed by atoms with van der Waals surface area (Å²) in [6, 6.07) is 47.9. The molecule has 210 valence electrons. The maximum absolute atomic E-state index is 6.48. The van der Waals surface area contributed by atoms with Crippen LogP contribution in [0.1, 0.15) is 0 Å². The highest BCUT2D eigenvalue weighted by Gasteiger charge is 2.22. The number of para-hydroxylation sites is 5. The fourth-order valence-electron chi connectivity index (χ4n) is 6.85. The molecule has 10 rings (SSSR count). The van der Waals surface area contributed by atoms with Crippen LogP contribution in [0.3, 0.4) is 0 Å². The Morgan fingerprint density at radius 3 is 2.04 bits per heavy atom. The number of fused-ring (bicyclic) bond motifs is 9. The highest BCUT2D eigenvalue weighted by Crippen LogP contribution is 2.42. The Morgan fingerprint density at radius 1 is 0.489 bits per heavy atom. The molecule has 0 unspecified atom stereocenters. The number of furan rings is 2. The van der Waals surface area contributed by atoms with E-state index in [0.717, 1.165) is 77.2 Å². The number of benzene rings is 6. The Kier molecular flexibility index (Phi) is 4.93. The molecule has 0 spiro atoms. The lowest BCUT2D eigenvalue weighted by Crippen LogP contribution is -1.95. The average molecular weight is 578 g/mol. The van der Waals surface area contributed by atoms with Crippen molar-refractivity contribution in [1.82, 2.24) is 14.5 Å². The van der Waals surface area contributed by atoms with Crippen molar-refractivity contribution in [2.24, 2.45) is 0 Å². The molecule has 0 N–H and O–H groups in total. The van der Waals surface area contributed by atoms with Gasteiger partial charge < -0.3 is 13.4 Å². The lowest BCUT2D eigenvalue weighted by molar-refractivity contribution is 0.653. The zero-order valence-corrected chi connectivity index (χ0v) is 23.9. The standard InChI is InChI=1S/C40H23N3O2/c1-2-11-25(12-3-1)43-32-18-7-4-13-26(32)31-23-24(21-22-33(31)43)39-41-37(36-29-15-6-9-20-35(29)45-40(36)42-39)30-17-10-16-28-27-14-5-8-19-34(27)44-38(28)30/h1-23H. The summed E-state index contributed by atoms with van der Waals surface area (Å²) in [6.07, 6.45) is 0. The molecule has 0 amide bonds. The zero-order chi connectivity index (χ0) is 29.5. The third kappa shape index (κ3) is 3.49. The van der Waals surface area contributed by atoms with E-state index < -0.39 is 0 Å². The van der Waals surface area contributed by atoms with Gasteiger partial charge in [0.1, 0.15) is 16.7 Å². The van der Waals surface area contributed by atoms with Crippen molar-refractivity contribution in [3.63, 3.8) is 0 Å². The SMILES string of the molecule is c1ccc(-n2c3ccccc3c3cc(-c4nc(-c5cccc6c5oc5ccccc56)c5c(n4)oc4ccccc45)ccc32)cc1. The largest absolute Gasteiger partial charge is 0.455 e. The number of hydrogen-bond donors (Lipinski definition) is 0. The lowest BCUT2D eigenvalue weighted by Gasteiger charge is -2.09. The molecule has 0 bridgehead atoms. The Hall–Kier alpha value is -6.20. The van der Waals surface area contributed by atoms with E-state index in [2.05, 4.69) is 102 Å². The van der Waals surface area contributed by atoms with Gasteiger partial charge in [-0.2, -0.15) is 4.98 Å². The third-order valence-electron chi connectivity index (χ3n) is 8.84. The summed E-state index contributed by atoms with van der Waals surface area (Å²) in [5.41, 5.74) is 9.00. The van der Waals surface area contributed by atoms with Crippen molar-refractivity contribution in [2.45, 2.75) is 0 Å². The molecule has 0 aliphatic carbocycles. The quantitative estimate of drug-likeness (QED) is 0.210. The molecule has 4 aromatic heterocycles. The highest BCUT2D eigenvalue weighted by atomic mass is 16.3. The van der Waals surface area contributed by atoms with Crippen LogP contribution in [0.4, 0.5) is 0 Å². The molecule has 0 radical (unpaired) electrons. The van der Waals surface area contributed by atoms with Crippen molar-refractivity contribution < 1.29 is 8.83 Å². The van der Waals surface area contributed by atoms with E-state index in [1.807, 2.05) is 42.5 Å². The Labute approximate surface area is 256 Å². The van der Waals surface area contributed by atoms with Gasteiger partial charge >= 0.3 is 0 Å². The minimum atomic E-state index is 0.552. The van der Waals surface area contributed by atoms with Gasteiger partial charge in [0, 0.05) is 43.7 Å². The van der Waals surface area contributed by atoms with Gasteiger partial charge in [0.05, 0.1) is 22.1 Å². The number of rotatable bonds is 3. The molecule has 6 aromatic carbocycles. The van der Waals surface area contributed by atoms with Crippen LogP contribution in [-0.4, -0.2) is 14.5 Å². The molecular formula is C40H23N3O2. The fraction of sp³-hybridized carbons (Fsp3) is 0. The molecule has 10 aromatic rings. The topological polar surface area (TPSA) is 57.0 Å². The van der Waals surface area contributed by atoms with E-state index in [4.69, 9.17) is 18.8 Å². The first-order valence-electron chi connectivity index (χ1n) is 15.0. The Morgan fingerprint density at radius 2 is 1.18 bits per heavy atom. The molecule has 0 aliphatic rings. The van der Waals surface area contributed by atoms with E-state index in [1.54, 1.807) is 0 Å². The summed E-state index contributed by atoms with van der Waals surface area (Å²) < 4.78 is 15.2. The summed E-state index contributed by atoms with van der Waals surface area (Å²) in [7, 11) is 0. The monoisotopic (exact) mass is 577 g/mol. The van der Waals surface area contributed by atoms with Gasteiger partial charge in [-0.15, -0.1) is 0 Å². The van der Waals surface area contributed by atoms with Gasteiger partial charge in [0.15, 0.2) is 5.82 Å². The van der Waals surface area contributed by atoms with Crippen molar-refractivity contribution in [3.8, 4) is 28.3 Å². The van der Waals surface area contributed by atoms with Crippen LogP contribution in [-0.2, 0) is 0 Å². The number of aromatic nitrogens is 3. The van der Waals surface area contributed by atoms with Gasteiger partial charge in [-0.05, 0) is 54.6 Å². The Balaban J connectivity index is 1.27. The second-order valence-electron chi connectivity index (χ2n) is 11.4. The van der Waals surface area contributed by atoms with Crippen molar-refractivity contribution in [1.29, 1.82) is 0 Å². The minimum absolute atomic E-state index is 0.552. The summed E-state index contributed by atoms with van der Waals surface area (Å²) in [5, 5.41) is 6.31. The molecule has 0 saturated carbocycles. The van der Waals surface area contributed by atoms with Crippen LogP contribution < -0.4 is 0 Å². The van der Waals surface area contributed by atoms with Crippen LogP contribution in [0.15, 0.2) is 148 Å². The van der Waals surface area contributed by atoms with Crippen LogP contribution in [0.2, 0.25) is 0 Å². The van der Waals surface area contributed by atoms with E-state index in [9.17, 15) is 0 Å². The molecule has 0 atom stereocenters. The molecule has 0 fully saturated rings. The van der Waals surface area contributed by atoms with Crippen LogP contribution in [0.25, 0.3) is 94.1 Å². The summed E-state index contributed by atoms with van der Waals surface area (Å²) in [4.78, 5) is 10.3. The fourth-order valence-corrected chi connectivity index (χ4v) is 6.85. The minimum Gasteiger partial charge on any atom is -0.455 e. The van der Waals surface area contributed by atoms with Crippen LogP contribution in [0, 0.1) is 0 Å². The molecule has 5 nitrogen and oxygen atoms in total. The summed E-state index contributed by atoms with van der Waals surface area (Å²) >= 11 is 0. The maximum atomic E-state index is 6.48. The second-order valence-corrected chi connectivity index (χ2v) is 11.4. The van der Waals surface area contributed by atoms with E-state index in [-0.39, 0.29) is 0 Å². The zero-order valence-electron chi connectivity index (χ0n) is 23.9. The second kappa shape index (κ2) is 9.15. The molecule has 45 heavy (non-hydrogen) atoms. The van der Waals surface area contributed by atoms with Gasteiger partial charge in [0.25, 0.3) is 0 Å². The molecular weight excluding hydrogens is 554 g/mol. The van der Waals surface area contributed by atoms with Crippen molar-refractivity contribution in [2.75, 3.05) is 0 Å². The van der Waals surface area contributed by atoms with Crippen LogP contribution in [0.5, 0.6) is 0 Å². The predicted molar refractivity (Wildman–Crippen MR) is 182 cm³/mol. The van der Waals surface area contributed by atoms with Crippen molar-refractivity contribution in [3.05, 3.63) is 140 Å². The van der Waals surface area contributed by atoms with Gasteiger partial charge in [-0.25, -0.2) is 4.98 Å². The molecule has 4 heterocycles. The molecule has 5 heteroatoms. The first-order valence-corrected chi connectivity index (χ1v) is 15.0. The normalized spacial score (nSPS) is 12.0. The average Bonchev–Trinajstić information content (AvgIpc) is 3.77. The Bertz CT molecular complexity index is 2770. The highest BCUT2D eigenvalue weighted by molar-refractivity contribution is 6.16. The van der Waals surface area contributed by atoms with Crippen LogP contribution >= 0.6 is 0 Å². The summed E-state index contributed by atoms with van der Waals surface area (Å²) in [5.74, 6) is 0.600. The third-order valence-corrected chi connectivity index (χ3v) is 8.84. The first kappa shape index (κ1) is 24.3. The van der Waals surface area contributed by atoms with E-state index >= 15 is 0 Å². The predicted octanol–water partition coefficient (Wildman–Crippen LogP) is 10.7. The lowest BCUT2D eigenvalue weighted by atomic mass is 10.0. The number of hydrogen-bond acceptors (Lipinski definition) is 4. The first-order chi connectivity index (χ1) is 22.3. The van der Waals surface area contributed by atoms with Gasteiger partial charge in [0.2, 0.25) is 5.71 Å².